The maximum atomic E-state index is 9.93. The monoisotopic (exact) mass is 290 g/mol. The number of aromatic hydroxyl groups is 1. The Morgan fingerprint density at radius 3 is 2.89 bits per heavy atom. The largest absolute Gasteiger partial charge is 0.507 e. The van der Waals surface area contributed by atoms with Crippen LogP contribution < -0.4 is 4.74 Å². The topological polar surface area (TPSA) is 29.5 Å². The molecule has 2 nitrogen and oxygen atoms in total. The number of phenolic OH excluding ortho intramolecular Hbond substituents is 1. The van der Waals surface area contributed by atoms with Crippen LogP contribution >= 0.6 is 23.5 Å². The molecule has 0 saturated carbocycles. The SMILES string of the molecule is CSc1ccc(C2CSc3ccccc3O2)cc1O. The van der Waals surface area contributed by atoms with E-state index in [4.69, 9.17) is 4.74 Å². The van der Waals surface area contributed by atoms with E-state index in [0.717, 1.165) is 22.0 Å². The molecule has 2 aromatic carbocycles. The number of hydrogen-bond donors (Lipinski definition) is 1. The fourth-order valence-corrected chi connectivity index (χ4v) is 3.59. The van der Waals surface area contributed by atoms with E-state index in [1.165, 1.54) is 4.90 Å². The first-order valence-corrected chi connectivity index (χ1v) is 8.24. The number of phenols is 1. The number of hydrogen-bond acceptors (Lipinski definition) is 4. The van der Waals surface area contributed by atoms with Gasteiger partial charge in [0.05, 0.1) is 0 Å². The zero-order valence-electron chi connectivity index (χ0n) is 10.5. The van der Waals surface area contributed by atoms with Crippen LogP contribution in [0.3, 0.4) is 0 Å². The van der Waals surface area contributed by atoms with Crippen LogP contribution in [0, 0.1) is 0 Å². The van der Waals surface area contributed by atoms with Crippen LogP contribution in [0.4, 0.5) is 0 Å². The average Bonchev–Trinajstić information content (AvgIpc) is 2.46. The third-order valence-electron chi connectivity index (χ3n) is 3.08. The molecule has 1 aliphatic heterocycles. The summed E-state index contributed by atoms with van der Waals surface area (Å²) in [4.78, 5) is 2.08. The summed E-state index contributed by atoms with van der Waals surface area (Å²) in [6.07, 6.45) is 1.96. The Morgan fingerprint density at radius 2 is 2.11 bits per heavy atom. The van der Waals surface area contributed by atoms with Gasteiger partial charge in [-0.05, 0) is 36.1 Å². The van der Waals surface area contributed by atoms with E-state index in [9.17, 15) is 5.11 Å². The second-order valence-corrected chi connectivity index (χ2v) is 6.21. The summed E-state index contributed by atoms with van der Waals surface area (Å²) in [5.74, 6) is 2.13. The van der Waals surface area contributed by atoms with Crippen LogP contribution in [0.1, 0.15) is 11.7 Å². The number of rotatable bonds is 2. The summed E-state index contributed by atoms with van der Waals surface area (Å²) in [6, 6.07) is 13.9. The summed E-state index contributed by atoms with van der Waals surface area (Å²) >= 11 is 3.34. The molecule has 0 aromatic heterocycles. The van der Waals surface area contributed by atoms with Gasteiger partial charge in [-0.1, -0.05) is 18.2 Å². The van der Waals surface area contributed by atoms with Gasteiger partial charge >= 0.3 is 0 Å². The normalized spacial score (nSPS) is 17.6. The maximum absolute atomic E-state index is 9.93. The lowest BCUT2D eigenvalue weighted by Gasteiger charge is -2.26. The molecule has 0 bridgehead atoms. The molecule has 1 unspecified atom stereocenters. The summed E-state index contributed by atoms with van der Waals surface area (Å²) in [6.45, 7) is 0. The molecular weight excluding hydrogens is 276 g/mol. The minimum Gasteiger partial charge on any atom is -0.507 e. The molecular formula is C15H14O2S2. The first-order chi connectivity index (χ1) is 9.28. The molecule has 1 heterocycles. The molecule has 3 rings (SSSR count). The van der Waals surface area contributed by atoms with Crippen molar-refractivity contribution in [2.45, 2.75) is 15.9 Å². The lowest BCUT2D eigenvalue weighted by atomic mass is 10.1. The van der Waals surface area contributed by atoms with Crippen LogP contribution in [0.15, 0.2) is 52.3 Å². The van der Waals surface area contributed by atoms with E-state index in [0.29, 0.717) is 5.75 Å². The van der Waals surface area contributed by atoms with Gasteiger partial charge in [-0.25, -0.2) is 0 Å². The molecule has 0 radical (unpaired) electrons. The lowest BCUT2D eigenvalue weighted by molar-refractivity contribution is 0.220. The summed E-state index contributed by atoms with van der Waals surface area (Å²) in [5, 5.41) is 9.93. The van der Waals surface area contributed by atoms with Gasteiger partial charge < -0.3 is 9.84 Å². The number of fused-ring (bicyclic) bond motifs is 1. The molecule has 1 N–H and O–H groups in total. The number of thioether (sulfide) groups is 2. The van der Waals surface area contributed by atoms with E-state index in [-0.39, 0.29) is 6.10 Å². The highest BCUT2D eigenvalue weighted by Crippen LogP contribution is 2.41. The Balaban J connectivity index is 1.87. The Bertz CT molecular complexity index is 598. The molecule has 0 aliphatic carbocycles. The van der Waals surface area contributed by atoms with Crippen LogP contribution in [0.2, 0.25) is 0 Å². The first kappa shape index (κ1) is 12.8. The third kappa shape index (κ3) is 2.55. The molecule has 0 saturated heterocycles. The molecule has 0 spiro atoms. The molecule has 0 amide bonds. The second kappa shape index (κ2) is 5.39. The van der Waals surface area contributed by atoms with Crippen molar-refractivity contribution in [1.82, 2.24) is 0 Å². The van der Waals surface area contributed by atoms with Gasteiger partial charge in [0.15, 0.2) is 0 Å². The van der Waals surface area contributed by atoms with E-state index in [2.05, 4.69) is 6.07 Å². The van der Waals surface area contributed by atoms with E-state index in [1.54, 1.807) is 23.5 Å². The van der Waals surface area contributed by atoms with Gasteiger partial charge in [-0.3, -0.25) is 0 Å². The first-order valence-electron chi connectivity index (χ1n) is 6.03. The highest BCUT2D eigenvalue weighted by Gasteiger charge is 2.22. The second-order valence-electron chi connectivity index (χ2n) is 4.30. The van der Waals surface area contributed by atoms with Gasteiger partial charge in [0.2, 0.25) is 0 Å². The van der Waals surface area contributed by atoms with Crippen molar-refractivity contribution >= 4 is 23.5 Å². The molecule has 2 aromatic rings. The smallest absolute Gasteiger partial charge is 0.133 e. The van der Waals surface area contributed by atoms with Crippen molar-refractivity contribution in [3.05, 3.63) is 48.0 Å². The fraction of sp³-hybridized carbons (Fsp3) is 0.200. The van der Waals surface area contributed by atoms with Crippen LogP contribution in [0.25, 0.3) is 0 Å². The maximum Gasteiger partial charge on any atom is 0.133 e. The predicted molar refractivity (Wildman–Crippen MR) is 80.4 cm³/mol. The molecule has 4 heteroatoms. The Kier molecular flexibility index (Phi) is 3.62. The standard InChI is InChI=1S/C15H14O2S2/c1-18-14-7-6-10(8-11(14)16)13-9-19-15-5-3-2-4-12(15)17-13/h2-8,13,16H,9H2,1H3. The van der Waals surface area contributed by atoms with Crippen molar-refractivity contribution < 1.29 is 9.84 Å². The minimum absolute atomic E-state index is 0.00158. The zero-order chi connectivity index (χ0) is 13.2. The molecule has 1 aliphatic rings. The van der Waals surface area contributed by atoms with Crippen molar-refractivity contribution in [3.63, 3.8) is 0 Å². The third-order valence-corrected chi connectivity index (χ3v) is 4.99. The van der Waals surface area contributed by atoms with Gasteiger partial charge in [-0.2, -0.15) is 0 Å². The van der Waals surface area contributed by atoms with Gasteiger partial charge in [-0.15, -0.1) is 23.5 Å². The predicted octanol–water partition coefficient (Wildman–Crippen LogP) is 4.34. The van der Waals surface area contributed by atoms with Crippen molar-refractivity contribution in [1.29, 1.82) is 0 Å². The summed E-state index contributed by atoms with van der Waals surface area (Å²) in [5.41, 5.74) is 1.03. The zero-order valence-corrected chi connectivity index (χ0v) is 12.1. The Morgan fingerprint density at radius 1 is 1.26 bits per heavy atom. The minimum atomic E-state index is 0.00158. The summed E-state index contributed by atoms with van der Waals surface area (Å²) < 4.78 is 6.01. The highest BCUT2D eigenvalue weighted by molar-refractivity contribution is 7.99. The van der Waals surface area contributed by atoms with Gasteiger partial charge in [0, 0.05) is 15.5 Å². The lowest BCUT2D eigenvalue weighted by Crippen LogP contribution is -2.14. The molecule has 19 heavy (non-hydrogen) atoms. The van der Waals surface area contributed by atoms with Crippen molar-refractivity contribution in [2.24, 2.45) is 0 Å². The van der Waals surface area contributed by atoms with Crippen molar-refractivity contribution in [3.8, 4) is 11.5 Å². The Hall–Kier alpha value is -1.26. The molecule has 1 atom stereocenters. The number of ether oxygens (including phenoxy) is 1. The quantitative estimate of drug-likeness (QED) is 0.833. The van der Waals surface area contributed by atoms with Crippen LogP contribution in [-0.2, 0) is 0 Å². The highest BCUT2D eigenvalue weighted by atomic mass is 32.2. The average molecular weight is 290 g/mol. The van der Waals surface area contributed by atoms with E-state index in [1.807, 2.05) is 42.7 Å². The van der Waals surface area contributed by atoms with Gasteiger partial charge in [0.1, 0.15) is 17.6 Å². The van der Waals surface area contributed by atoms with E-state index < -0.39 is 0 Å². The molecule has 98 valence electrons. The van der Waals surface area contributed by atoms with E-state index >= 15 is 0 Å². The van der Waals surface area contributed by atoms with Crippen LogP contribution in [-0.4, -0.2) is 17.1 Å². The van der Waals surface area contributed by atoms with Crippen LogP contribution in [0.5, 0.6) is 11.5 Å². The Labute approximate surface area is 121 Å². The molecule has 0 fully saturated rings. The number of para-hydroxylation sites is 1. The summed E-state index contributed by atoms with van der Waals surface area (Å²) in [7, 11) is 0. The number of benzene rings is 2. The van der Waals surface area contributed by atoms with Gasteiger partial charge in [0.25, 0.3) is 0 Å². The fourth-order valence-electron chi connectivity index (χ4n) is 2.09. The van der Waals surface area contributed by atoms with Crippen molar-refractivity contribution in [2.75, 3.05) is 12.0 Å².